The summed E-state index contributed by atoms with van der Waals surface area (Å²) >= 11 is 3.59. The quantitative estimate of drug-likeness (QED) is 0.858. The summed E-state index contributed by atoms with van der Waals surface area (Å²) in [5.74, 6) is 0.867. The summed E-state index contributed by atoms with van der Waals surface area (Å²) in [5.41, 5.74) is 3.51. The third kappa shape index (κ3) is 4.29. The Balaban J connectivity index is 1.59. The predicted molar refractivity (Wildman–Crippen MR) is 87.3 cm³/mol. The van der Waals surface area contributed by atoms with Gasteiger partial charge in [0.25, 0.3) is 0 Å². The van der Waals surface area contributed by atoms with Gasteiger partial charge in [0.05, 0.1) is 4.47 Å². The van der Waals surface area contributed by atoms with Crippen molar-refractivity contribution in [1.29, 1.82) is 0 Å². The highest BCUT2D eigenvalue weighted by atomic mass is 79.9. The van der Waals surface area contributed by atoms with Crippen molar-refractivity contribution >= 4 is 15.9 Å². The van der Waals surface area contributed by atoms with Gasteiger partial charge in [0, 0.05) is 30.5 Å². The molecular formula is C17H19BrN2O. The minimum atomic E-state index is 0.535. The molecule has 0 bridgehead atoms. The van der Waals surface area contributed by atoms with Crippen molar-refractivity contribution in [2.75, 3.05) is 0 Å². The fraction of sp³-hybridized carbons (Fsp3) is 0.353. The molecule has 1 fully saturated rings. The molecule has 0 aliphatic heterocycles. The van der Waals surface area contributed by atoms with E-state index in [1.54, 1.807) is 0 Å². The van der Waals surface area contributed by atoms with Gasteiger partial charge in [-0.3, -0.25) is 4.98 Å². The lowest BCUT2D eigenvalue weighted by molar-refractivity contribution is 0.303. The molecule has 2 aromatic rings. The van der Waals surface area contributed by atoms with Gasteiger partial charge in [-0.15, -0.1) is 0 Å². The zero-order valence-electron chi connectivity index (χ0n) is 12.1. The number of nitrogens with one attached hydrogen (secondary N) is 1. The number of ether oxygens (including phenoxy) is 1. The van der Waals surface area contributed by atoms with Crippen LogP contribution in [0.3, 0.4) is 0 Å². The Hall–Kier alpha value is -1.39. The van der Waals surface area contributed by atoms with Crippen LogP contribution >= 0.6 is 15.9 Å². The maximum Gasteiger partial charge on any atom is 0.134 e. The summed E-state index contributed by atoms with van der Waals surface area (Å²) in [6.45, 7) is 3.49. The van der Waals surface area contributed by atoms with Crippen molar-refractivity contribution < 1.29 is 4.74 Å². The number of halogens is 1. The third-order valence-electron chi connectivity index (χ3n) is 3.49. The molecule has 1 N–H and O–H groups in total. The highest BCUT2D eigenvalue weighted by Gasteiger charge is 2.20. The second kappa shape index (κ2) is 6.58. The molecule has 1 aliphatic carbocycles. The van der Waals surface area contributed by atoms with E-state index >= 15 is 0 Å². The highest BCUT2D eigenvalue weighted by molar-refractivity contribution is 9.10. The van der Waals surface area contributed by atoms with Crippen LogP contribution in [0, 0.1) is 6.92 Å². The molecule has 1 aromatic carbocycles. The van der Waals surface area contributed by atoms with Gasteiger partial charge in [0.1, 0.15) is 12.4 Å². The standard InChI is InChI=1S/C17H19BrN2O/c1-12-6-14(9-19-8-12)11-21-17-5-2-13(7-16(17)18)10-20-15-3-4-15/h2,5-9,15,20H,3-4,10-11H2,1H3. The Morgan fingerprint density at radius 1 is 1.24 bits per heavy atom. The predicted octanol–water partition coefficient (Wildman–Crippen LogP) is 3.98. The van der Waals surface area contributed by atoms with E-state index in [9.17, 15) is 0 Å². The summed E-state index contributed by atoms with van der Waals surface area (Å²) in [6, 6.07) is 9.09. The number of nitrogens with zero attached hydrogens (tertiary/aromatic N) is 1. The van der Waals surface area contributed by atoms with Gasteiger partial charge < -0.3 is 10.1 Å². The van der Waals surface area contributed by atoms with Crippen molar-refractivity contribution in [3.63, 3.8) is 0 Å². The molecule has 0 saturated heterocycles. The average Bonchev–Trinajstić information content (AvgIpc) is 3.28. The molecule has 3 rings (SSSR count). The molecule has 21 heavy (non-hydrogen) atoms. The number of aromatic nitrogens is 1. The largest absolute Gasteiger partial charge is 0.488 e. The van der Waals surface area contributed by atoms with E-state index in [-0.39, 0.29) is 0 Å². The third-order valence-corrected chi connectivity index (χ3v) is 4.11. The van der Waals surface area contributed by atoms with Gasteiger partial charge in [-0.1, -0.05) is 6.07 Å². The molecule has 0 atom stereocenters. The van der Waals surface area contributed by atoms with E-state index < -0.39 is 0 Å². The maximum absolute atomic E-state index is 5.86. The summed E-state index contributed by atoms with van der Waals surface area (Å²) in [4.78, 5) is 4.18. The summed E-state index contributed by atoms with van der Waals surface area (Å²) < 4.78 is 6.86. The van der Waals surface area contributed by atoms with Crippen molar-refractivity contribution in [2.24, 2.45) is 0 Å². The SMILES string of the molecule is Cc1cncc(COc2ccc(CNC3CC3)cc2Br)c1. The molecule has 0 amide bonds. The van der Waals surface area contributed by atoms with E-state index in [4.69, 9.17) is 4.74 Å². The van der Waals surface area contributed by atoms with Crippen LogP contribution in [0.2, 0.25) is 0 Å². The first-order valence-electron chi connectivity index (χ1n) is 7.26. The van der Waals surface area contributed by atoms with E-state index in [2.05, 4.69) is 44.4 Å². The average molecular weight is 347 g/mol. The van der Waals surface area contributed by atoms with Crippen molar-refractivity contribution in [3.05, 3.63) is 57.8 Å². The van der Waals surface area contributed by atoms with E-state index in [0.717, 1.165) is 33.9 Å². The number of rotatable bonds is 6. The molecule has 0 radical (unpaired) electrons. The number of hydrogen-bond acceptors (Lipinski definition) is 3. The Morgan fingerprint density at radius 3 is 2.81 bits per heavy atom. The van der Waals surface area contributed by atoms with Crippen LogP contribution in [0.5, 0.6) is 5.75 Å². The van der Waals surface area contributed by atoms with Crippen molar-refractivity contribution in [3.8, 4) is 5.75 Å². The second-order valence-corrected chi connectivity index (χ2v) is 6.43. The molecule has 0 unspecified atom stereocenters. The first-order valence-corrected chi connectivity index (χ1v) is 8.05. The van der Waals surface area contributed by atoms with Crippen LogP contribution in [0.1, 0.15) is 29.5 Å². The lowest BCUT2D eigenvalue weighted by Crippen LogP contribution is -2.15. The smallest absolute Gasteiger partial charge is 0.134 e. The zero-order chi connectivity index (χ0) is 14.7. The molecule has 1 aromatic heterocycles. The molecule has 0 spiro atoms. The lowest BCUT2D eigenvalue weighted by atomic mass is 10.2. The topological polar surface area (TPSA) is 34.1 Å². The van der Waals surface area contributed by atoms with Gasteiger partial charge in [-0.25, -0.2) is 0 Å². The first-order chi connectivity index (χ1) is 10.2. The fourth-order valence-corrected chi connectivity index (χ4v) is 2.72. The number of benzene rings is 1. The van der Waals surface area contributed by atoms with Crippen LogP contribution in [0.25, 0.3) is 0 Å². The zero-order valence-corrected chi connectivity index (χ0v) is 13.7. The first kappa shape index (κ1) is 14.5. The Labute approximate surface area is 133 Å². The number of hydrogen-bond donors (Lipinski definition) is 1. The van der Waals surface area contributed by atoms with Crippen molar-refractivity contribution in [1.82, 2.24) is 10.3 Å². The molecular weight excluding hydrogens is 328 g/mol. The van der Waals surface area contributed by atoms with Crippen LogP contribution in [0.4, 0.5) is 0 Å². The fourth-order valence-electron chi connectivity index (χ4n) is 2.18. The van der Waals surface area contributed by atoms with Gasteiger partial charge >= 0.3 is 0 Å². The van der Waals surface area contributed by atoms with Crippen LogP contribution in [-0.4, -0.2) is 11.0 Å². The van der Waals surface area contributed by atoms with E-state index in [1.165, 1.54) is 18.4 Å². The molecule has 3 nitrogen and oxygen atoms in total. The highest BCUT2D eigenvalue weighted by Crippen LogP contribution is 2.27. The van der Waals surface area contributed by atoms with Crippen molar-refractivity contribution in [2.45, 2.75) is 39.0 Å². The number of aryl methyl sites for hydroxylation is 1. The molecule has 1 saturated carbocycles. The minimum absolute atomic E-state index is 0.535. The van der Waals surface area contributed by atoms with Gasteiger partial charge in [0.2, 0.25) is 0 Å². The van der Waals surface area contributed by atoms with Crippen LogP contribution in [0.15, 0.2) is 41.1 Å². The van der Waals surface area contributed by atoms with Gasteiger partial charge in [-0.2, -0.15) is 0 Å². The monoisotopic (exact) mass is 346 g/mol. The normalized spacial score (nSPS) is 14.2. The van der Waals surface area contributed by atoms with Gasteiger partial charge in [-0.05, 0) is 65.0 Å². The van der Waals surface area contributed by atoms with Crippen LogP contribution < -0.4 is 10.1 Å². The summed E-state index contributed by atoms with van der Waals surface area (Å²) in [7, 11) is 0. The Kier molecular flexibility index (Phi) is 4.56. The van der Waals surface area contributed by atoms with Gasteiger partial charge in [0.15, 0.2) is 0 Å². The molecule has 4 heteroatoms. The lowest BCUT2D eigenvalue weighted by Gasteiger charge is -2.10. The molecule has 1 heterocycles. The minimum Gasteiger partial charge on any atom is -0.488 e. The molecule has 1 aliphatic rings. The van der Waals surface area contributed by atoms with E-state index in [1.807, 2.05) is 25.4 Å². The Morgan fingerprint density at radius 2 is 2.10 bits per heavy atom. The number of pyridine rings is 1. The summed E-state index contributed by atoms with van der Waals surface area (Å²) in [5, 5.41) is 3.51. The Bertz CT molecular complexity index is 626. The summed E-state index contributed by atoms with van der Waals surface area (Å²) in [6.07, 6.45) is 6.32. The molecule has 110 valence electrons. The van der Waals surface area contributed by atoms with Crippen LogP contribution in [-0.2, 0) is 13.2 Å². The van der Waals surface area contributed by atoms with E-state index in [0.29, 0.717) is 6.61 Å². The maximum atomic E-state index is 5.86. The second-order valence-electron chi connectivity index (χ2n) is 5.58.